The maximum absolute atomic E-state index is 13.2. The monoisotopic (exact) mass is 399 g/mol. The molecule has 160 valence electrons. The third-order valence-corrected chi connectivity index (χ3v) is 5.81. The van der Waals surface area contributed by atoms with E-state index in [1.807, 2.05) is 20.8 Å². The minimum atomic E-state index is -0.0133. The Morgan fingerprint density at radius 2 is 1.86 bits per heavy atom. The van der Waals surface area contributed by atoms with Crippen molar-refractivity contribution in [3.63, 3.8) is 0 Å². The highest BCUT2D eigenvalue weighted by atomic mass is 16.1. The van der Waals surface area contributed by atoms with Crippen LogP contribution in [0, 0.1) is 0 Å². The highest BCUT2D eigenvalue weighted by Gasteiger charge is 2.38. The zero-order valence-electron chi connectivity index (χ0n) is 18.8. The highest BCUT2D eigenvalue weighted by Crippen LogP contribution is 2.36. The average Bonchev–Trinajstić information content (AvgIpc) is 3.41. The molecule has 2 fully saturated rings. The van der Waals surface area contributed by atoms with Crippen molar-refractivity contribution in [1.29, 1.82) is 0 Å². The summed E-state index contributed by atoms with van der Waals surface area (Å²) in [7, 11) is 0. The van der Waals surface area contributed by atoms with E-state index in [1.165, 1.54) is 0 Å². The molecular weight excluding hydrogens is 362 g/mol. The van der Waals surface area contributed by atoms with Gasteiger partial charge in [0.1, 0.15) is 11.7 Å². The number of likely N-dealkylation sites (tertiary alicyclic amines) is 1. The van der Waals surface area contributed by atoms with Crippen LogP contribution in [-0.4, -0.2) is 48.0 Å². The molecule has 1 heterocycles. The number of amides is 1. The average molecular weight is 400 g/mol. The Labute approximate surface area is 175 Å². The molecule has 2 N–H and O–H groups in total. The van der Waals surface area contributed by atoms with Gasteiger partial charge in [-0.05, 0) is 66.5 Å². The molecule has 0 radical (unpaired) electrons. The van der Waals surface area contributed by atoms with Gasteiger partial charge >= 0.3 is 0 Å². The molecule has 0 bridgehead atoms. The van der Waals surface area contributed by atoms with Crippen LogP contribution >= 0.6 is 0 Å². The largest absolute Gasteiger partial charge is 0.365 e. The number of piperidine rings is 1. The van der Waals surface area contributed by atoms with E-state index in [1.54, 1.807) is 6.20 Å². The molecule has 0 atom stereocenters. The van der Waals surface area contributed by atoms with Crippen molar-refractivity contribution in [2.45, 2.75) is 78.3 Å². The van der Waals surface area contributed by atoms with Crippen LogP contribution in [0.5, 0.6) is 0 Å². The molecule has 0 aromatic rings. The maximum atomic E-state index is 13.2. The molecule has 6 nitrogen and oxygen atoms in total. The second-order valence-corrected chi connectivity index (χ2v) is 8.49. The van der Waals surface area contributed by atoms with Gasteiger partial charge in [-0.15, -0.1) is 0 Å². The van der Waals surface area contributed by atoms with Crippen molar-refractivity contribution >= 4 is 18.5 Å². The van der Waals surface area contributed by atoms with Gasteiger partial charge < -0.3 is 15.5 Å². The van der Waals surface area contributed by atoms with Gasteiger partial charge in [0.05, 0.1) is 0 Å². The first kappa shape index (κ1) is 22.9. The molecule has 1 amide bonds. The molecule has 2 rings (SSSR count). The summed E-state index contributed by atoms with van der Waals surface area (Å²) in [6.45, 7) is 19.4. The number of nitrogens with zero attached hydrogens (tertiary/aromatic N) is 3. The van der Waals surface area contributed by atoms with E-state index in [-0.39, 0.29) is 17.5 Å². The molecular formula is C23H37N5O. The summed E-state index contributed by atoms with van der Waals surface area (Å²) < 4.78 is 0. The number of aliphatic imine (C=N–C) groups is 2. The van der Waals surface area contributed by atoms with E-state index in [0.29, 0.717) is 0 Å². The zero-order chi connectivity index (χ0) is 21.6. The third-order valence-electron chi connectivity index (χ3n) is 5.81. The Kier molecular flexibility index (Phi) is 7.82. The van der Waals surface area contributed by atoms with Crippen molar-refractivity contribution in [2.75, 3.05) is 13.1 Å². The summed E-state index contributed by atoms with van der Waals surface area (Å²) in [5, 5.41) is 6.76. The Bertz CT molecular complexity index is 730. The van der Waals surface area contributed by atoms with Gasteiger partial charge in [-0.25, -0.2) is 9.98 Å². The van der Waals surface area contributed by atoms with Crippen LogP contribution in [0.25, 0.3) is 0 Å². The van der Waals surface area contributed by atoms with Gasteiger partial charge in [0.15, 0.2) is 0 Å². The van der Waals surface area contributed by atoms with Crippen LogP contribution in [0.15, 0.2) is 45.3 Å². The van der Waals surface area contributed by atoms with Crippen LogP contribution in [0.4, 0.5) is 0 Å². The SMILES string of the molecule is C=C/N=C(\C)N1CCC(NC(=O)C(=C(C)C)/C(CC)=C(/N=C)NC2(C)CC2)CC1. The van der Waals surface area contributed by atoms with E-state index in [0.717, 1.165) is 73.6 Å². The number of hydrogen-bond acceptors (Lipinski definition) is 4. The number of amidine groups is 1. The molecule has 1 aliphatic heterocycles. The summed E-state index contributed by atoms with van der Waals surface area (Å²) >= 11 is 0. The second kappa shape index (κ2) is 9.90. The number of carbonyl (C=O) groups excluding carboxylic acids is 1. The van der Waals surface area contributed by atoms with Crippen LogP contribution in [-0.2, 0) is 4.79 Å². The number of carbonyl (C=O) groups is 1. The normalized spacial score (nSPS) is 19.8. The lowest BCUT2D eigenvalue weighted by atomic mass is 9.96. The summed E-state index contributed by atoms with van der Waals surface area (Å²) in [6, 6.07) is 0.164. The standard InChI is InChI=1S/C23H37N5O/c1-8-19(21(24-7)27-23(6)12-13-23)20(16(3)4)22(29)26-18-10-14-28(15-11-18)17(5)25-9-2/h9,18,27H,2,7-8,10-15H2,1,3-6H3,(H,26,29)/b21-19-,25-17+. The van der Waals surface area contributed by atoms with Gasteiger partial charge in [-0.1, -0.05) is 19.1 Å². The van der Waals surface area contributed by atoms with Crippen molar-refractivity contribution in [3.05, 3.63) is 35.3 Å². The van der Waals surface area contributed by atoms with E-state index in [4.69, 9.17) is 0 Å². The first-order valence-corrected chi connectivity index (χ1v) is 10.6. The third kappa shape index (κ3) is 6.05. The lowest BCUT2D eigenvalue weighted by Crippen LogP contribution is -2.46. The van der Waals surface area contributed by atoms with Gasteiger partial charge in [-0.3, -0.25) is 4.79 Å². The summed E-state index contributed by atoms with van der Waals surface area (Å²) in [5.74, 6) is 1.71. The predicted molar refractivity (Wildman–Crippen MR) is 122 cm³/mol. The van der Waals surface area contributed by atoms with E-state index in [2.05, 4.69) is 52.7 Å². The lowest BCUT2D eigenvalue weighted by molar-refractivity contribution is -0.118. The predicted octanol–water partition coefficient (Wildman–Crippen LogP) is 3.93. The van der Waals surface area contributed by atoms with E-state index < -0.39 is 0 Å². The van der Waals surface area contributed by atoms with E-state index in [9.17, 15) is 4.79 Å². The molecule has 1 saturated carbocycles. The Hall–Kier alpha value is -2.37. The summed E-state index contributed by atoms with van der Waals surface area (Å²) in [5.41, 5.74) is 2.75. The van der Waals surface area contributed by atoms with Crippen LogP contribution < -0.4 is 10.6 Å². The van der Waals surface area contributed by atoms with Gasteiger partial charge in [0.25, 0.3) is 5.91 Å². The number of rotatable bonds is 8. The van der Waals surface area contributed by atoms with Crippen LogP contribution in [0.2, 0.25) is 0 Å². The van der Waals surface area contributed by atoms with Crippen molar-refractivity contribution in [3.8, 4) is 0 Å². The molecule has 0 unspecified atom stereocenters. The smallest absolute Gasteiger partial charge is 0.251 e. The number of hydrogen-bond donors (Lipinski definition) is 2. The molecule has 0 spiro atoms. The molecule has 0 aromatic heterocycles. The zero-order valence-corrected chi connectivity index (χ0v) is 18.8. The first-order chi connectivity index (χ1) is 13.7. The van der Waals surface area contributed by atoms with Crippen LogP contribution in [0.1, 0.15) is 66.7 Å². The number of nitrogens with one attached hydrogen (secondary N) is 2. The molecule has 29 heavy (non-hydrogen) atoms. The molecule has 2 aliphatic rings. The van der Waals surface area contributed by atoms with Crippen molar-refractivity contribution < 1.29 is 4.79 Å². The Morgan fingerprint density at radius 3 is 2.31 bits per heavy atom. The Morgan fingerprint density at radius 1 is 1.24 bits per heavy atom. The quantitative estimate of drug-likeness (QED) is 0.281. The summed E-state index contributed by atoms with van der Waals surface area (Å²) in [4.78, 5) is 24.0. The second-order valence-electron chi connectivity index (χ2n) is 8.49. The summed E-state index contributed by atoms with van der Waals surface area (Å²) in [6.07, 6.45) is 6.34. The minimum Gasteiger partial charge on any atom is -0.365 e. The Balaban J connectivity index is 2.12. The van der Waals surface area contributed by atoms with Crippen LogP contribution in [0.3, 0.4) is 0 Å². The minimum absolute atomic E-state index is 0.0133. The highest BCUT2D eigenvalue weighted by molar-refractivity contribution is 5.98. The van der Waals surface area contributed by atoms with Crippen molar-refractivity contribution in [1.82, 2.24) is 15.5 Å². The topological polar surface area (TPSA) is 69.1 Å². The fraction of sp³-hybridized carbons (Fsp3) is 0.609. The molecule has 1 aliphatic carbocycles. The fourth-order valence-corrected chi connectivity index (χ4v) is 3.76. The first-order valence-electron chi connectivity index (χ1n) is 10.6. The number of allylic oxidation sites excluding steroid dienone is 1. The lowest BCUT2D eigenvalue weighted by Gasteiger charge is -2.33. The van der Waals surface area contributed by atoms with Gasteiger partial charge in [0.2, 0.25) is 0 Å². The van der Waals surface area contributed by atoms with Gasteiger partial charge in [0, 0.05) is 42.0 Å². The fourth-order valence-electron chi connectivity index (χ4n) is 3.76. The van der Waals surface area contributed by atoms with E-state index >= 15 is 0 Å². The molecule has 1 saturated heterocycles. The maximum Gasteiger partial charge on any atom is 0.251 e. The van der Waals surface area contributed by atoms with Gasteiger partial charge in [-0.2, -0.15) is 0 Å². The molecule has 0 aromatic carbocycles. The van der Waals surface area contributed by atoms with Crippen molar-refractivity contribution in [2.24, 2.45) is 9.98 Å². The molecule has 6 heteroatoms.